The number of fused-ring (bicyclic) bond motifs is 5. The monoisotopic (exact) mass is 506 g/mol. The zero-order chi connectivity index (χ0) is 24.4. The third-order valence-electron chi connectivity index (χ3n) is 7.01. The molecular formula is C27H17Cl2FN2O3. The highest BCUT2D eigenvalue weighted by Crippen LogP contribution is 2.53. The third-order valence-corrected chi connectivity index (χ3v) is 7.56. The van der Waals surface area contributed by atoms with Crippen LogP contribution >= 0.6 is 23.2 Å². The molecule has 3 aromatic carbocycles. The molecule has 3 aliphatic heterocycles. The maximum absolute atomic E-state index is 13.9. The number of carbonyl (C=O) groups is 3. The average molecular weight is 507 g/mol. The van der Waals surface area contributed by atoms with Crippen molar-refractivity contribution in [2.75, 3.05) is 4.90 Å². The fourth-order valence-corrected chi connectivity index (χ4v) is 6.05. The first kappa shape index (κ1) is 22.0. The average Bonchev–Trinajstić information content (AvgIpc) is 3.32. The van der Waals surface area contributed by atoms with Crippen molar-refractivity contribution in [2.24, 2.45) is 11.8 Å². The molecule has 2 saturated heterocycles. The quantitative estimate of drug-likeness (QED) is 0.346. The number of carbonyl (C=O) groups excluding carboxylic acids is 3. The van der Waals surface area contributed by atoms with Crippen LogP contribution in [0.4, 0.5) is 10.1 Å². The topological polar surface area (TPSA) is 57.7 Å². The molecule has 3 aromatic rings. The number of nitrogens with zero attached hydrogens (tertiary/aromatic N) is 2. The van der Waals surface area contributed by atoms with E-state index in [-0.39, 0.29) is 22.1 Å². The minimum absolute atomic E-state index is 0.177. The minimum atomic E-state index is -0.949. The maximum Gasteiger partial charge on any atom is 0.240 e. The Bertz CT molecular complexity index is 1440. The number of hydrogen-bond donors (Lipinski definition) is 0. The molecule has 2 amide bonds. The Morgan fingerprint density at radius 2 is 1.60 bits per heavy atom. The van der Waals surface area contributed by atoms with Crippen molar-refractivity contribution in [1.29, 1.82) is 0 Å². The van der Waals surface area contributed by atoms with Gasteiger partial charge >= 0.3 is 0 Å². The van der Waals surface area contributed by atoms with Gasteiger partial charge in [0.1, 0.15) is 11.9 Å². The smallest absolute Gasteiger partial charge is 0.240 e. The van der Waals surface area contributed by atoms with Gasteiger partial charge in [0, 0.05) is 16.8 Å². The Morgan fingerprint density at radius 1 is 0.886 bits per heavy atom. The summed E-state index contributed by atoms with van der Waals surface area (Å²) < 4.78 is 13.5. The number of imide groups is 1. The fraction of sp³-hybridized carbons (Fsp3) is 0.148. The molecule has 174 valence electrons. The first-order chi connectivity index (χ1) is 16.9. The van der Waals surface area contributed by atoms with Crippen molar-refractivity contribution < 1.29 is 18.8 Å². The molecule has 5 nitrogen and oxygen atoms in total. The Morgan fingerprint density at radius 3 is 2.34 bits per heavy atom. The minimum Gasteiger partial charge on any atom is -0.358 e. The van der Waals surface area contributed by atoms with Gasteiger partial charge in [-0.05, 0) is 59.7 Å². The largest absolute Gasteiger partial charge is 0.358 e. The van der Waals surface area contributed by atoms with Gasteiger partial charge in [-0.15, -0.1) is 0 Å². The second kappa shape index (κ2) is 8.04. The molecule has 0 aliphatic carbocycles. The van der Waals surface area contributed by atoms with Gasteiger partial charge in [-0.2, -0.15) is 0 Å². The van der Waals surface area contributed by atoms with Crippen molar-refractivity contribution >= 4 is 52.6 Å². The summed E-state index contributed by atoms with van der Waals surface area (Å²) in [6.45, 7) is 0. The standard InChI is InChI=1S/C27H17Cl2FN2O3/c28-15-5-10-19(20(29)13-15)25(33)24-22-21(23-18-4-2-1-3-14(18)11-12-31(23)24)26(34)32(27(22)35)17-8-6-16(30)7-9-17/h1-13,21-24H/t21-,22-,23-,24+/m1/s1. The predicted octanol–water partition coefficient (Wildman–Crippen LogP) is 5.53. The first-order valence-electron chi connectivity index (χ1n) is 11.0. The highest BCUT2D eigenvalue weighted by molar-refractivity contribution is 6.37. The summed E-state index contributed by atoms with van der Waals surface area (Å²) in [5.74, 6) is -3.47. The Kier molecular flexibility index (Phi) is 5.06. The molecule has 2 fully saturated rings. The lowest BCUT2D eigenvalue weighted by Crippen LogP contribution is -2.44. The van der Waals surface area contributed by atoms with E-state index in [2.05, 4.69) is 0 Å². The summed E-state index contributed by atoms with van der Waals surface area (Å²) >= 11 is 12.4. The zero-order valence-electron chi connectivity index (χ0n) is 18.1. The van der Waals surface area contributed by atoms with E-state index < -0.39 is 41.6 Å². The fourth-order valence-electron chi connectivity index (χ4n) is 5.55. The zero-order valence-corrected chi connectivity index (χ0v) is 19.6. The van der Waals surface area contributed by atoms with Crippen LogP contribution in [-0.4, -0.2) is 28.5 Å². The second-order valence-electron chi connectivity index (χ2n) is 8.81. The Labute approximate surface area is 210 Å². The number of ketones is 1. The van der Waals surface area contributed by atoms with E-state index in [1.807, 2.05) is 35.2 Å². The van der Waals surface area contributed by atoms with E-state index >= 15 is 0 Å². The first-order valence-corrected chi connectivity index (χ1v) is 11.8. The number of hydrogen-bond acceptors (Lipinski definition) is 4. The van der Waals surface area contributed by atoms with Gasteiger partial charge in [-0.1, -0.05) is 47.5 Å². The highest BCUT2D eigenvalue weighted by atomic mass is 35.5. The molecule has 0 spiro atoms. The predicted molar refractivity (Wildman–Crippen MR) is 131 cm³/mol. The molecule has 8 heteroatoms. The molecule has 0 radical (unpaired) electrons. The molecule has 6 rings (SSSR count). The van der Waals surface area contributed by atoms with Crippen molar-refractivity contribution in [3.8, 4) is 0 Å². The highest BCUT2D eigenvalue weighted by Gasteiger charge is 2.64. The van der Waals surface area contributed by atoms with Gasteiger partial charge in [0.05, 0.1) is 28.6 Å². The molecule has 3 aliphatic rings. The van der Waals surface area contributed by atoms with E-state index in [1.54, 1.807) is 12.3 Å². The second-order valence-corrected chi connectivity index (χ2v) is 9.65. The van der Waals surface area contributed by atoms with Crippen LogP contribution in [0.1, 0.15) is 27.5 Å². The van der Waals surface area contributed by atoms with Gasteiger partial charge < -0.3 is 4.90 Å². The van der Waals surface area contributed by atoms with Crippen LogP contribution in [-0.2, 0) is 9.59 Å². The van der Waals surface area contributed by atoms with Crippen LogP contribution in [0, 0.1) is 17.7 Å². The SMILES string of the molecule is O=C(c1ccc(Cl)cc1Cl)[C@@H]1[C@@H]2C(=O)N(c3ccc(F)cc3)C(=O)[C@H]2[C@H]2c3ccccc3C=CN12. The van der Waals surface area contributed by atoms with Crippen LogP contribution in [0.3, 0.4) is 0 Å². The van der Waals surface area contributed by atoms with Crippen LogP contribution in [0.2, 0.25) is 10.0 Å². The summed E-state index contributed by atoms with van der Waals surface area (Å²) in [6, 6.07) is 15.9. The van der Waals surface area contributed by atoms with Crippen LogP contribution in [0.15, 0.2) is 72.9 Å². The Balaban J connectivity index is 1.50. The van der Waals surface area contributed by atoms with Crippen molar-refractivity contribution in [3.05, 3.63) is 105 Å². The summed E-state index contributed by atoms with van der Waals surface area (Å²) in [5.41, 5.74) is 2.29. The number of benzene rings is 3. The van der Waals surface area contributed by atoms with Crippen molar-refractivity contribution in [1.82, 2.24) is 4.90 Å². The molecule has 4 atom stereocenters. The molecule has 0 N–H and O–H groups in total. The molecule has 3 heterocycles. The van der Waals surface area contributed by atoms with Gasteiger partial charge in [0.15, 0.2) is 5.78 Å². The van der Waals surface area contributed by atoms with Gasteiger partial charge in [-0.25, -0.2) is 9.29 Å². The number of amides is 2. The summed E-state index contributed by atoms with van der Waals surface area (Å²) in [7, 11) is 0. The normalized spacial score (nSPS) is 24.4. The molecule has 0 saturated carbocycles. The number of anilines is 1. The Hall–Kier alpha value is -3.48. The van der Waals surface area contributed by atoms with Crippen LogP contribution in [0.25, 0.3) is 6.08 Å². The van der Waals surface area contributed by atoms with Gasteiger partial charge in [-0.3, -0.25) is 14.4 Å². The van der Waals surface area contributed by atoms with Gasteiger partial charge in [0.25, 0.3) is 0 Å². The molecule has 35 heavy (non-hydrogen) atoms. The summed E-state index contributed by atoms with van der Waals surface area (Å²) in [6.07, 6.45) is 3.66. The summed E-state index contributed by atoms with van der Waals surface area (Å²) in [5, 5.41) is 0.561. The van der Waals surface area contributed by atoms with E-state index in [1.165, 1.54) is 36.4 Å². The van der Waals surface area contributed by atoms with Crippen molar-refractivity contribution in [3.63, 3.8) is 0 Å². The van der Waals surface area contributed by atoms with E-state index in [9.17, 15) is 18.8 Å². The molecular weight excluding hydrogens is 490 g/mol. The van der Waals surface area contributed by atoms with Crippen molar-refractivity contribution in [2.45, 2.75) is 12.1 Å². The lowest BCUT2D eigenvalue weighted by Gasteiger charge is -2.35. The van der Waals surface area contributed by atoms with Crippen LogP contribution < -0.4 is 4.90 Å². The maximum atomic E-state index is 13.9. The number of rotatable bonds is 3. The summed E-state index contributed by atoms with van der Waals surface area (Å²) in [4.78, 5) is 44.3. The number of Topliss-reactive ketones (excluding diaryl/α,β-unsaturated/α-hetero) is 1. The third kappa shape index (κ3) is 3.24. The lowest BCUT2D eigenvalue weighted by atomic mass is 9.83. The molecule has 0 aromatic heterocycles. The van der Waals surface area contributed by atoms with E-state index in [0.29, 0.717) is 5.02 Å². The van der Waals surface area contributed by atoms with E-state index in [0.717, 1.165) is 16.0 Å². The number of halogens is 3. The molecule has 0 unspecified atom stereocenters. The lowest BCUT2D eigenvalue weighted by molar-refractivity contribution is -0.123. The van der Waals surface area contributed by atoms with E-state index in [4.69, 9.17) is 23.2 Å². The van der Waals surface area contributed by atoms with Gasteiger partial charge in [0.2, 0.25) is 11.8 Å². The van der Waals surface area contributed by atoms with Crippen LogP contribution in [0.5, 0.6) is 0 Å². The molecule has 0 bridgehead atoms.